The van der Waals surface area contributed by atoms with Crippen LogP contribution in [-0.2, 0) is 19.4 Å². The Hall–Kier alpha value is -3.17. The number of hydrogen-bond donors (Lipinski definition) is 1. The Labute approximate surface area is 196 Å². The molecule has 0 bridgehead atoms. The van der Waals surface area contributed by atoms with Gasteiger partial charge in [-0.1, -0.05) is 23.9 Å². The van der Waals surface area contributed by atoms with Gasteiger partial charge in [-0.3, -0.25) is 14.2 Å². The first-order valence-corrected chi connectivity index (χ1v) is 12.5. The molecule has 0 amide bonds. The SMILES string of the molecule is C[C@H](Sc1nc2sc3c(c2c(=O)n1Cc1ccco1)CCC3)c1nc2ccccc2c(=O)[nH]1. The van der Waals surface area contributed by atoms with Crippen molar-refractivity contribution in [1.82, 2.24) is 19.5 Å². The van der Waals surface area contributed by atoms with Crippen LogP contribution in [0, 0.1) is 0 Å². The molecule has 5 aromatic rings. The highest BCUT2D eigenvalue weighted by molar-refractivity contribution is 7.99. The van der Waals surface area contributed by atoms with E-state index >= 15 is 0 Å². The molecule has 1 atom stereocenters. The van der Waals surface area contributed by atoms with E-state index in [0.29, 0.717) is 34.2 Å². The van der Waals surface area contributed by atoms with Gasteiger partial charge in [-0.05, 0) is 56.0 Å². The van der Waals surface area contributed by atoms with Gasteiger partial charge >= 0.3 is 0 Å². The molecule has 0 fully saturated rings. The Morgan fingerprint density at radius 2 is 2.06 bits per heavy atom. The molecular formula is C24H20N4O3S2. The Morgan fingerprint density at radius 1 is 1.18 bits per heavy atom. The number of hydrogen-bond acceptors (Lipinski definition) is 7. The minimum Gasteiger partial charge on any atom is -0.467 e. The van der Waals surface area contributed by atoms with Gasteiger partial charge in [0.25, 0.3) is 11.1 Å². The van der Waals surface area contributed by atoms with E-state index in [-0.39, 0.29) is 16.4 Å². The van der Waals surface area contributed by atoms with Gasteiger partial charge in [-0.2, -0.15) is 0 Å². The van der Waals surface area contributed by atoms with Crippen molar-refractivity contribution in [2.75, 3.05) is 0 Å². The van der Waals surface area contributed by atoms with Crippen LogP contribution in [0.3, 0.4) is 0 Å². The molecule has 1 aliphatic carbocycles. The van der Waals surface area contributed by atoms with Gasteiger partial charge in [0, 0.05) is 4.88 Å². The zero-order valence-electron chi connectivity index (χ0n) is 17.8. The highest BCUT2D eigenvalue weighted by Gasteiger charge is 2.25. The molecule has 0 unspecified atom stereocenters. The van der Waals surface area contributed by atoms with Crippen LogP contribution in [0.5, 0.6) is 0 Å². The number of nitrogens with one attached hydrogen (secondary N) is 1. The number of H-pyrrole nitrogens is 1. The normalized spacial score (nSPS) is 14.2. The third-order valence-corrected chi connectivity index (χ3v) is 8.27. The first kappa shape index (κ1) is 20.4. The number of nitrogens with zero attached hydrogens (tertiary/aromatic N) is 3. The largest absolute Gasteiger partial charge is 0.467 e. The van der Waals surface area contributed by atoms with Gasteiger partial charge in [0.15, 0.2) is 5.16 Å². The maximum absolute atomic E-state index is 13.6. The van der Waals surface area contributed by atoms with E-state index in [0.717, 1.165) is 35.0 Å². The number of thiophene rings is 1. The second kappa shape index (κ2) is 8.00. The fraction of sp³-hybridized carbons (Fsp3) is 0.250. The molecule has 1 aliphatic rings. The van der Waals surface area contributed by atoms with Crippen LogP contribution in [0.4, 0.5) is 0 Å². The summed E-state index contributed by atoms with van der Waals surface area (Å²) in [5.74, 6) is 1.24. The summed E-state index contributed by atoms with van der Waals surface area (Å²) in [5.41, 5.74) is 1.60. The lowest BCUT2D eigenvalue weighted by atomic mass is 10.2. The Morgan fingerprint density at radius 3 is 2.91 bits per heavy atom. The van der Waals surface area contributed by atoms with Crippen molar-refractivity contribution >= 4 is 44.2 Å². The van der Waals surface area contributed by atoms with Crippen molar-refractivity contribution in [2.45, 2.75) is 43.1 Å². The second-order valence-corrected chi connectivity index (χ2v) is 10.5. The van der Waals surface area contributed by atoms with E-state index in [1.807, 2.05) is 37.3 Å². The second-order valence-electron chi connectivity index (χ2n) is 8.13. The van der Waals surface area contributed by atoms with E-state index in [1.165, 1.54) is 16.6 Å². The van der Waals surface area contributed by atoms with E-state index in [2.05, 4.69) is 9.97 Å². The zero-order valence-corrected chi connectivity index (χ0v) is 19.5. The van der Waals surface area contributed by atoms with Gasteiger partial charge in [0.05, 0.1) is 34.3 Å². The predicted molar refractivity (Wildman–Crippen MR) is 130 cm³/mol. The standard InChI is InChI=1S/C24H20N4O3S2/c1-13(20-25-17-9-3-2-7-15(17)21(29)26-20)32-24-27-22-19(16-8-4-10-18(16)33-22)23(30)28(24)12-14-6-5-11-31-14/h2-3,5-7,9,11,13H,4,8,10,12H2,1H3,(H,25,26,29)/t13-/m0/s1. The molecule has 0 spiro atoms. The van der Waals surface area contributed by atoms with Gasteiger partial charge < -0.3 is 9.40 Å². The molecular weight excluding hydrogens is 456 g/mol. The molecule has 0 saturated heterocycles. The topological polar surface area (TPSA) is 93.8 Å². The predicted octanol–water partition coefficient (Wildman–Crippen LogP) is 4.68. The molecule has 9 heteroatoms. The number of para-hydroxylation sites is 1. The minimum absolute atomic E-state index is 0.0366. The Kier molecular flexibility index (Phi) is 4.95. The number of thioether (sulfide) groups is 1. The van der Waals surface area contributed by atoms with Crippen LogP contribution in [-0.4, -0.2) is 19.5 Å². The zero-order chi connectivity index (χ0) is 22.5. The maximum atomic E-state index is 13.6. The number of fused-ring (bicyclic) bond motifs is 4. The summed E-state index contributed by atoms with van der Waals surface area (Å²) in [5, 5.41) is 1.67. The van der Waals surface area contributed by atoms with Gasteiger partial charge in [0.2, 0.25) is 0 Å². The van der Waals surface area contributed by atoms with Crippen molar-refractivity contribution in [3.63, 3.8) is 0 Å². The molecule has 166 valence electrons. The van der Waals surface area contributed by atoms with Crippen LogP contribution >= 0.6 is 23.1 Å². The van der Waals surface area contributed by atoms with Crippen molar-refractivity contribution in [1.29, 1.82) is 0 Å². The average molecular weight is 477 g/mol. The summed E-state index contributed by atoms with van der Waals surface area (Å²) in [4.78, 5) is 40.7. The van der Waals surface area contributed by atoms with Gasteiger partial charge in [-0.15, -0.1) is 11.3 Å². The number of rotatable bonds is 5. The molecule has 7 nitrogen and oxygen atoms in total. The number of aromatic amines is 1. The summed E-state index contributed by atoms with van der Waals surface area (Å²) in [6.07, 6.45) is 4.63. The van der Waals surface area contributed by atoms with Crippen molar-refractivity contribution in [3.8, 4) is 0 Å². The summed E-state index contributed by atoms with van der Waals surface area (Å²) in [7, 11) is 0. The quantitative estimate of drug-likeness (QED) is 0.292. The average Bonchev–Trinajstić information content (AvgIpc) is 3.54. The van der Waals surface area contributed by atoms with Crippen molar-refractivity contribution in [3.05, 3.63) is 85.4 Å². The van der Waals surface area contributed by atoms with Crippen LogP contribution in [0.15, 0.2) is 61.8 Å². The molecule has 4 heterocycles. The third-order valence-electron chi connectivity index (χ3n) is 5.98. The smallest absolute Gasteiger partial charge is 0.263 e. The highest BCUT2D eigenvalue weighted by Crippen LogP contribution is 2.38. The highest BCUT2D eigenvalue weighted by atomic mass is 32.2. The molecule has 33 heavy (non-hydrogen) atoms. The van der Waals surface area contributed by atoms with Gasteiger partial charge in [0.1, 0.15) is 16.4 Å². The number of benzene rings is 1. The van der Waals surface area contributed by atoms with E-state index in [9.17, 15) is 9.59 Å². The number of aromatic nitrogens is 4. The van der Waals surface area contributed by atoms with E-state index < -0.39 is 0 Å². The third kappa shape index (κ3) is 3.52. The lowest BCUT2D eigenvalue weighted by Gasteiger charge is -2.15. The summed E-state index contributed by atoms with van der Waals surface area (Å²) in [6, 6.07) is 10.9. The van der Waals surface area contributed by atoms with Crippen LogP contribution < -0.4 is 11.1 Å². The Balaban J connectivity index is 1.46. The molecule has 4 aromatic heterocycles. The summed E-state index contributed by atoms with van der Waals surface area (Å²) >= 11 is 3.04. The van der Waals surface area contributed by atoms with Crippen LogP contribution in [0.25, 0.3) is 21.1 Å². The monoisotopic (exact) mass is 476 g/mol. The van der Waals surface area contributed by atoms with Crippen LogP contribution in [0.2, 0.25) is 0 Å². The molecule has 6 rings (SSSR count). The fourth-order valence-electron chi connectivity index (χ4n) is 4.36. The first-order valence-electron chi connectivity index (χ1n) is 10.8. The fourth-order valence-corrected chi connectivity index (χ4v) is 6.62. The Bertz CT molecular complexity index is 1620. The van der Waals surface area contributed by atoms with Gasteiger partial charge in [-0.25, -0.2) is 9.97 Å². The van der Waals surface area contributed by atoms with Crippen LogP contribution in [0.1, 0.15) is 40.6 Å². The van der Waals surface area contributed by atoms with E-state index in [1.54, 1.807) is 28.2 Å². The molecule has 1 aromatic carbocycles. The lowest BCUT2D eigenvalue weighted by Crippen LogP contribution is -2.24. The molecule has 0 radical (unpaired) electrons. The maximum Gasteiger partial charge on any atom is 0.263 e. The number of furan rings is 1. The first-order chi connectivity index (χ1) is 16.1. The summed E-state index contributed by atoms with van der Waals surface area (Å²) in [6.45, 7) is 2.26. The lowest BCUT2D eigenvalue weighted by molar-refractivity contribution is 0.476. The minimum atomic E-state index is -0.221. The summed E-state index contributed by atoms with van der Waals surface area (Å²) < 4.78 is 7.22. The molecule has 1 N–H and O–H groups in total. The van der Waals surface area contributed by atoms with Crippen molar-refractivity contribution in [2.24, 2.45) is 0 Å². The molecule has 0 saturated carbocycles. The number of aryl methyl sites for hydroxylation is 2. The van der Waals surface area contributed by atoms with Crippen molar-refractivity contribution < 1.29 is 4.42 Å². The molecule has 0 aliphatic heterocycles. The van der Waals surface area contributed by atoms with E-state index in [4.69, 9.17) is 9.40 Å².